The van der Waals surface area contributed by atoms with Gasteiger partial charge in [-0.3, -0.25) is 14.4 Å². The third kappa shape index (κ3) is 4.52. The molecule has 0 saturated carbocycles. The summed E-state index contributed by atoms with van der Waals surface area (Å²) in [7, 11) is 0. The average molecular weight is 402 g/mol. The largest absolute Gasteiger partial charge is 0.376 e. The van der Waals surface area contributed by atoms with Gasteiger partial charge in [-0.25, -0.2) is 4.98 Å². The Kier molecular flexibility index (Phi) is 5.72. The maximum Gasteiger partial charge on any atom is 0.254 e. The van der Waals surface area contributed by atoms with Gasteiger partial charge in [-0.15, -0.1) is 0 Å². The SMILES string of the molecule is Cc1ncc(CC(=O)N2CCC3(CCC(=O)N(C[C@H]4CCCO4)C3)CC2)c(=O)[nH]1. The number of nitrogens with zero attached hydrogens (tertiary/aromatic N) is 3. The number of hydrogen-bond acceptors (Lipinski definition) is 5. The van der Waals surface area contributed by atoms with Crippen molar-refractivity contribution in [3.05, 3.63) is 27.9 Å². The number of rotatable bonds is 4. The van der Waals surface area contributed by atoms with Crippen LogP contribution in [0.3, 0.4) is 0 Å². The van der Waals surface area contributed by atoms with E-state index in [9.17, 15) is 14.4 Å². The molecule has 3 aliphatic heterocycles. The van der Waals surface area contributed by atoms with Crippen molar-refractivity contribution < 1.29 is 14.3 Å². The van der Waals surface area contributed by atoms with Crippen LogP contribution < -0.4 is 5.56 Å². The summed E-state index contributed by atoms with van der Waals surface area (Å²) in [5.74, 6) is 0.750. The monoisotopic (exact) mass is 402 g/mol. The molecule has 3 fully saturated rings. The molecule has 29 heavy (non-hydrogen) atoms. The number of ether oxygens (including phenoxy) is 1. The first kappa shape index (κ1) is 20.1. The predicted octanol–water partition coefficient (Wildman–Crippen LogP) is 1.03. The number of aryl methyl sites for hydroxylation is 1. The standard InChI is InChI=1S/C21H30N4O4/c1-15-22-12-16(20(28)23-15)11-19(27)24-8-6-21(7-9-24)5-4-18(26)25(14-21)13-17-3-2-10-29-17/h12,17H,2-11,13-14H2,1H3,(H,22,23,28)/t17-/m1/s1. The molecule has 3 aliphatic rings. The van der Waals surface area contributed by atoms with Crippen LogP contribution in [0.1, 0.15) is 49.9 Å². The number of piperidine rings is 2. The van der Waals surface area contributed by atoms with Crippen LogP contribution in [0.2, 0.25) is 0 Å². The lowest BCUT2D eigenvalue weighted by Crippen LogP contribution is -2.53. The normalized spacial score (nSPS) is 24.3. The zero-order valence-electron chi connectivity index (χ0n) is 17.1. The van der Waals surface area contributed by atoms with E-state index < -0.39 is 0 Å². The van der Waals surface area contributed by atoms with Gasteiger partial charge in [0.15, 0.2) is 0 Å². The quantitative estimate of drug-likeness (QED) is 0.812. The van der Waals surface area contributed by atoms with Gasteiger partial charge in [0.05, 0.1) is 12.5 Å². The molecule has 4 heterocycles. The lowest BCUT2D eigenvalue weighted by molar-refractivity contribution is -0.143. The molecule has 1 N–H and O–H groups in total. The molecule has 0 unspecified atom stereocenters. The minimum atomic E-state index is -0.241. The molecule has 0 bridgehead atoms. The minimum Gasteiger partial charge on any atom is -0.376 e. The maximum atomic E-state index is 12.7. The third-order valence-electron chi connectivity index (χ3n) is 6.71. The van der Waals surface area contributed by atoms with Gasteiger partial charge in [0.2, 0.25) is 11.8 Å². The summed E-state index contributed by atoms with van der Waals surface area (Å²) in [6, 6.07) is 0. The molecular weight excluding hydrogens is 372 g/mol. The second kappa shape index (κ2) is 8.26. The van der Waals surface area contributed by atoms with Gasteiger partial charge in [0.25, 0.3) is 5.56 Å². The van der Waals surface area contributed by atoms with Gasteiger partial charge >= 0.3 is 0 Å². The van der Waals surface area contributed by atoms with Crippen LogP contribution in [0.15, 0.2) is 11.0 Å². The van der Waals surface area contributed by atoms with Gasteiger partial charge < -0.3 is 19.5 Å². The van der Waals surface area contributed by atoms with Crippen molar-refractivity contribution in [2.75, 3.05) is 32.8 Å². The number of nitrogens with one attached hydrogen (secondary N) is 1. The van der Waals surface area contributed by atoms with E-state index in [4.69, 9.17) is 4.74 Å². The first-order valence-corrected chi connectivity index (χ1v) is 10.7. The van der Waals surface area contributed by atoms with E-state index in [2.05, 4.69) is 9.97 Å². The smallest absolute Gasteiger partial charge is 0.254 e. The highest BCUT2D eigenvalue weighted by molar-refractivity contribution is 5.79. The van der Waals surface area contributed by atoms with Crippen LogP contribution in [0.4, 0.5) is 0 Å². The zero-order valence-corrected chi connectivity index (χ0v) is 17.1. The lowest BCUT2D eigenvalue weighted by atomic mass is 9.72. The number of likely N-dealkylation sites (tertiary alicyclic amines) is 2. The summed E-state index contributed by atoms with van der Waals surface area (Å²) in [4.78, 5) is 47.7. The van der Waals surface area contributed by atoms with Crippen molar-refractivity contribution in [2.45, 2.75) is 58.0 Å². The van der Waals surface area contributed by atoms with Gasteiger partial charge in [0.1, 0.15) is 5.82 Å². The van der Waals surface area contributed by atoms with Gasteiger partial charge in [-0.05, 0) is 44.4 Å². The Morgan fingerprint density at radius 3 is 2.79 bits per heavy atom. The Balaban J connectivity index is 1.33. The Hall–Kier alpha value is -2.22. The highest BCUT2D eigenvalue weighted by Gasteiger charge is 2.42. The van der Waals surface area contributed by atoms with Crippen molar-refractivity contribution >= 4 is 11.8 Å². The van der Waals surface area contributed by atoms with Crippen molar-refractivity contribution in [2.24, 2.45) is 5.41 Å². The average Bonchev–Trinajstić information content (AvgIpc) is 3.21. The number of H-pyrrole nitrogens is 1. The second-order valence-electron chi connectivity index (χ2n) is 8.79. The number of aromatic nitrogens is 2. The highest BCUT2D eigenvalue weighted by Crippen LogP contribution is 2.40. The van der Waals surface area contributed by atoms with E-state index in [1.807, 2.05) is 9.80 Å². The molecule has 3 saturated heterocycles. The molecule has 8 heteroatoms. The fourth-order valence-electron chi connectivity index (χ4n) is 4.85. The van der Waals surface area contributed by atoms with E-state index >= 15 is 0 Å². The summed E-state index contributed by atoms with van der Waals surface area (Å²) < 4.78 is 5.72. The Labute approximate surface area is 170 Å². The van der Waals surface area contributed by atoms with Crippen molar-refractivity contribution in [1.82, 2.24) is 19.8 Å². The van der Waals surface area contributed by atoms with Crippen molar-refractivity contribution in [1.29, 1.82) is 0 Å². The second-order valence-corrected chi connectivity index (χ2v) is 8.79. The molecule has 4 rings (SSSR count). The van der Waals surface area contributed by atoms with Crippen molar-refractivity contribution in [3.63, 3.8) is 0 Å². The van der Waals surface area contributed by atoms with E-state index in [1.165, 1.54) is 6.20 Å². The fourth-order valence-corrected chi connectivity index (χ4v) is 4.85. The van der Waals surface area contributed by atoms with Crippen LogP contribution in [-0.4, -0.2) is 70.5 Å². The molecule has 8 nitrogen and oxygen atoms in total. The van der Waals surface area contributed by atoms with Gasteiger partial charge in [-0.1, -0.05) is 0 Å². The third-order valence-corrected chi connectivity index (χ3v) is 6.71. The Morgan fingerprint density at radius 2 is 2.10 bits per heavy atom. The van der Waals surface area contributed by atoms with Crippen molar-refractivity contribution in [3.8, 4) is 0 Å². The number of aromatic amines is 1. The molecule has 2 amide bonds. The van der Waals surface area contributed by atoms with E-state index in [1.54, 1.807) is 6.92 Å². The minimum absolute atomic E-state index is 0.0286. The number of carbonyl (C=O) groups excluding carboxylic acids is 2. The Morgan fingerprint density at radius 1 is 1.31 bits per heavy atom. The topological polar surface area (TPSA) is 95.6 Å². The summed E-state index contributed by atoms with van der Waals surface area (Å²) in [6.45, 7) is 5.35. The molecule has 1 atom stereocenters. The molecule has 0 aliphatic carbocycles. The predicted molar refractivity (Wildman–Crippen MR) is 106 cm³/mol. The van der Waals surface area contributed by atoms with Crippen LogP contribution in [0.25, 0.3) is 0 Å². The molecule has 0 aromatic carbocycles. The van der Waals surface area contributed by atoms with Gasteiger partial charge in [-0.2, -0.15) is 0 Å². The zero-order chi connectivity index (χ0) is 20.4. The summed E-state index contributed by atoms with van der Waals surface area (Å²) in [5, 5.41) is 0. The molecular formula is C21H30N4O4. The van der Waals surface area contributed by atoms with Gasteiger partial charge in [0, 0.05) is 51.0 Å². The maximum absolute atomic E-state index is 12.7. The molecule has 1 aromatic heterocycles. The number of carbonyl (C=O) groups is 2. The van der Waals surface area contributed by atoms with E-state index in [0.29, 0.717) is 37.4 Å². The van der Waals surface area contributed by atoms with Crippen LogP contribution in [0.5, 0.6) is 0 Å². The summed E-state index contributed by atoms with van der Waals surface area (Å²) in [5.41, 5.74) is 0.272. The summed E-state index contributed by atoms with van der Waals surface area (Å²) >= 11 is 0. The molecule has 0 radical (unpaired) electrons. The highest BCUT2D eigenvalue weighted by atomic mass is 16.5. The molecule has 158 valence electrons. The first-order valence-electron chi connectivity index (χ1n) is 10.7. The Bertz CT molecular complexity index is 822. The first-order chi connectivity index (χ1) is 13.9. The lowest BCUT2D eigenvalue weighted by Gasteiger charge is -2.47. The molecule has 1 aromatic rings. The van der Waals surface area contributed by atoms with Crippen LogP contribution in [-0.2, 0) is 20.7 Å². The summed E-state index contributed by atoms with van der Waals surface area (Å²) in [6.07, 6.45) is 7.15. The number of hydrogen-bond donors (Lipinski definition) is 1. The van der Waals surface area contributed by atoms with Crippen LogP contribution in [0, 0.1) is 12.3 Å². The van der Waals surface area contributed by atoms with E-state index in [0.717, 1.165) is 45.3 Å². The number of amides is 2. The fraction of sp³-hybridized carbons (Fsp3) is 0.714. The van der Waals surface area contributed by atoms with Crippen LogP contribution >= 0.6 is 0 Å². The van der Waals surface area contributed by atoms with E-state index in [-0.39, 0.29) is 35.3 Å². The molecule has 1 spiro atoms.